The zero-order chi connectivity index (χ0) is 30.5. The molecule has 0 spiro atoms. The minimum absolute atomic E-state index is 0.0255. The van der Waals surface area contributed by atoms with Crippen LogP contribution in [0.5, 0.6) is 0 Å². The third-order valence-corrected chi connectivity index (χ3v) is 6.97. The van der Waals surface area contributed by atoms with E-state index in [2.05, 4.69) is 0 Å². The lowest BCUT2D eigenvalue weighted by Gasteiger charge is -2.24. The zero-order valence-electron chi connectivity index (χ0n) is 21.4. The fraction of sp³-hybridized carbons (Fsp3) is 0.320. The molecule has 2 aliphatic heterocycles. The van der Waals surface area contributed by atoms with E-state index >= 15 is 8.78 Å². The van der Waals surface area contributed by atoms with Crippen molar-refractivity contribution in [2.45, 2.75) is 25.6 Å². The number of carboxylic acid groups (broad SMARTS) is 2. The molecule has 2 aliphatic rings. The summed E-state index contributed by atoms with van der Waals surface area (Å²) in [7, 11) is 0. The first-order valence-corrected chi connectivity index (χ1v) is 12.4. The number of carbonyl (C=O) groups excluding carboxylic acids is 2. The lowest BCUT2D eigenvalue weighted by molar-refractivity contribution is -0.132. The van der Waals surface area contributed by atoms with Crippen molar-refractivity contribution >= 4 is 46.2 Å². The molecule has 1 atom stereocenters. The number of nitrogens with one attached hydrogen (secondary N) is 1. The number of cyclic esters (lactones) is 1. The Morgan fingerprint density at radius 2 is 1.60 bits per heavy atom. The van der Waals surface area contributed by atoms with Crippen molar-refractivity contribution in [2.75, 3.05) is 36.0 Å². The summed E-state index contributed by atoms with van der Waals surface area (Å²) in [6, 6.07) is 3.77. The van der Waals surface area contributed by atoms with Gasteiger partial charge in [0.2, 0.25) is 0 Å². The second-order valence-electron chi connectivity index (χ2n) is 9.49. The van der Waals surface area contributed by atoms with Gasteiger partial charge in [0, 0.05) is 25.2 Å². The summed E-state index contributed by atoms with van der Waals surface area (Å²) in [6.07, 6.45) is -5.31. The minimum Gasteiger partial charge on any atom is -0.478 e. The van der Waals surface area contributed by atoms with Gasteiger partial charge in [0.1, 0.15) is 11.8 Å². The van der Waals surface area contributed by atoms with Crippen LogP contribution >= 0.6 is 0 Å². The maximum Gasteiger partial charge on any atom is 0.414 e. The third-order valence-electron chi connectivity index (χ3n) is 6.97. The van der Waals surface area contributed by atoms with Crippen molar-refractivity contribution in [3.05, 3.63) is 57.4 Å². The average molecular weight is 595 g/mol. The second kappa shape index (κ2) is 10.7. The van der Waals surface area contributed by atoms with Crippen molar-refractivity contribution < 1.29 is 51.7 Å². The number of carboxylic acids is 2. The molecule has 13 nitrogen and oxygen atoms in total. The Balaban J connectivity index is 1.39. The maximum atomic E-state index is 15.3. The molecule has 3 heterocycles. The molecule has 0 saturated carbocycles. The lowest BCUT2D eigenvalue weighted by atomic mass is 10.1. The molecule has 5 rings (SSSR count). The molecule has 1 fully saturated rings. The van der Waals surface area contributed by atoms with Crippen LogP contribution in [0.2, 0.25) is 0 Å². The van der Waals surface area contributed by atoms with Gasteiger partial charge in [-0.25, -0.2) is 27.8 Å². The molecule has 42 heavy (non-hydrogen) atoms. The predicted molar refractivity (Wildman–Crippen MR) is 135 cm³/mol. The quantitative estimate of drug-likeness (QED) is 0.345. The number of hydrogen-bond acceptors (Lipinski definition) is 7. The van der Waals surface area contributed by atoms with Crippen LogP contribution in [-0.4, -0.2) is 82.2 Å². The van der Waals surface area contributed by atoms with Crippen LogP contribution in [0.4, 0.5) is 33.7 Å². The van der Waals surface area contributed by atoms with Crippen molar-refractivity contribution in [2.24, 2.45) is 0 Å². The molecule has 0 aliphatic carbocycles. The van der Waals surface area contributed by atoms with E-state index in [1.807, 2.05) is 5.32 Å². The number of halogens is 4. The standard InChI is InChI=1S/C25H21F4N5O8/c26-16-7-12(32-10-13(42-25(32)41)9-30-21(35)20(28)29)8-17(27)19(16)31-1-3-33-18-14(22(36)34(33)4-2-31)5-11(23(37)38)6-15(18)24(39)40/h5-8,13,20H,1-4,9-10H2,(H,30,35)(H,37,38)(H,39,40)/t13-/m0/s1. The Bertz CT molecular complexity index is 1680. The number of amides is 2. The molecular weight excluding hydrogens is 574 g/mol. The van der Waals surface area contributed by atoms with Crippen LogP contribution < -0.4 is 20.7 Å². The number of anilines is 2. The highest BCUT2D eigenvalue weighted by molar-refractivity contribution is 6.05. The Labute approximate surface area is 232 Å². The molecule has 3 aromatic rings. The van der Waals surface area contributed by atoms with E-state index in [1.165, 1.54) is 14.3 Å². The van der Waals surface area contributed by atoms with Gasteiger partial charge in [-0.2, -0.15) is 8.78 Å². The number of ether oxygens (including phenoxy) is 1. The molecule has 0 radical (unpaired) electrons. The fourth-order valence-electron chi connectivity index (χ4n) is 5.09. The van der Waals surface area contributed by atoms with Crippen LogP contribution in [0, 0.1) is 11.6 Å². The van der Waals surface area contributed by atoms with Crippen LogP contribution in [0.15, 0.2) is 29.1 Å². The van der Waals surface area contributed by atoms with Crippen LogP contribution in [0.1, 0.15) is 20.7 Å². The molecule has 0 bridgehead atoms. The lowest BCUT2D eigenvalue weighted by Crippen LogP contribution is -2.37. The zero-order valence-corrected chi connectivity index (χ0v) is 21.4. The first kappa shape index (κ1) is 28.4. The van der Waals surface area contributed by atoms with Gasteiger partial charge in [0.05, 0.1) is 53.9 Å². The predicted octanol–water partition coefficient (Wildman–Crippen LogP) is 1.70. The van der Waals surface area contributed by atoms with E-state index in [1.54, 1.807) is 0 Å². The highest BCUT2D eigenvalue weighted by atomic mass is 19.3. The number of carbonyl (C=O) groups is 4. The van der Waals surface area contributed by atoms with E-state index in [4.69, 9.17) is 4.74 Å². The summed E-state index contributed by atoms with van der Waals surface area (Å²) in [4.78, 5) is 62.0. The summed E-state index contributed by atoms with van der Waals surface area (Å²) in [5.74, 6) is -6.56. The molecule has 2 aromatic carbocycles. The van der Waals surface area contributed by atoms with E-state index in [0.29, 0.717) is 0 Å². The third kappa shape index (κ3) is 4.97. The molecule has 222 valence electrons. The van der Waals surface area contributed by atoms with Gasteiger partial charge in [-0.15, -0.1) is 0 Å². The Hall–Kier alpha value is -5.09. The number of aromatic nitrogens is 2. The van der Waals surface area contributed by atoms with Gasteiger partial charge in [-0.1, -0.05) is 0 Å². The Morgan fingerprint density at radius 1 is 0.952 bits per heavy atom. The topological polar surface area (TPSA) is 163 Å². The van der Waals surface area contributed by atoms with E-state index < -0.39 is 71.5 Å². The van der Waals surface area contributed by atoms with Crippen LogP contribution in [0.25, 0.3) is 10.9 Å². The van der Waals surface area contributed by atoms with Gasteiger partial charge in [-0.3, -0.25) is 19.2 Å². The van der Waals surface area contributed by atoms with Crippen molar-refractivity contribution in [1.82, 2.24) is 14.7 Å². The normalized spacial score (nSPS) is 16.9. The highest BCUT2D eigenvalue weighted by Gasteiger charge is 2.35. The molecule has 3 N–H and O–H groups in total. The van der Waals surface area contributed by atoms with Crippen LogP contribution in [-0.2, 0) is 22.6 Å². The van der Waals surface area contributed by atoms with Crippen molar-refractivity contribution in [3.63, 3.8) is 0 Å². The monoisotopic (exact) mass is 595 g/mol. The summed E-state index contributed by atoms with van der Waals surface area (Å²) in [5.41, 5.74) is -2.18. The molecular formula is C25H21F4N5O8. The maximum absolute atomic E-state index is 15.3. The van der Waals surface area contributed by atoms with E-state index in [9.17, 15) is 43.0 Å². The smallest absolute Gasteiger partial charge is 0.414 e. The van der Waals surface area contributed by atoms with Crippen LogP contribution in [0.3, 0.4) is 0 Å². The number of alkyl halides is 2. The first-order chi connectivity index (χ1) is 19.9. The minimum atomic E-state index is -3.27. The number of fused-ring (bicyclic) bond motifs is 3. The van der Waals surface area contributed by atoms with Gasteiger partial charge >= 0.3 is 24.5 Å². The fourth-order valence-corrected chi connectivity index (χ4v) is 5.09. The molecule has 1 aromatic heterocycles. The van der Waals surface area contributed by atoms with Gasteiger partial charge in [0.25, 0.3) is 11.5 Å². The molecule has 2 amide bonds. The summed E-state index contributed by atoms with van der Waals surface area (Å²) < 4.78 is 62.9. The number of benzene rings is 2. The number of nitrogens with zero attached hydrogens (tertiary/aromatic N) is 4. The van der Waals surface area contributed by atoms with E-state index in [-0.39, 0.29) is 54.9 Å². The number of hydrogen-bond donors (Lipinski definition) is 3. The molecule has 0 unspecified atom stereocenters. The van der Waals surface area contributed by atoms with E-state index in [0.717, 1.165) is 29.2 Å². The number of rotatable bonds is 7. The number of aromatic carboxylic acids is 2. The second-order valence-corrected chi connectivity index (χ2v) is 9.49. The Kier molecular flexibility index (Phi) is 7.26. The van der Waals surface area contributed by atoms with Gasteiger partial charge in [0.15, 0.2) is 11.6 Å². The van der Waals surface area contributed by atoms with Gasteiger partial charge in [-0.05, 0) is 12.1 Å². The summed E-state index contributed by atoms with van der Waals surface area (Å²) in [6.45, 7) is -1.08. The average Bonchev–Trinajstić information content (AvgIpc) is 3.33. The summed E-state index contributed by atoms with van der Waals surface area (Å²) >= 11 is 0. The first-order valence-electron chi connectivity index (χ1n) is 12.4. The molecule has 17 heteroatoms. The molecule has 1 saturated heterocycles. The summed E-state index contributed by atoms with van der Waals surface area (Å²) in [5, 5.41) is 20.8. The van der Waals surface area contributed by atoms with Crippen molar-refractivity contribution in [1.29, 1.82) is 0 Å². The van der Waals surface area contributed by atoms with Crippen molar-refractivity contribution in [3.8, 4) is 0 Å². The highest BCUT2D eigenvalue weighted by Crippen LogP contribution is 2.32. The Morgan fingerprint density at radius 3 is 2.19 bits per heavy atom. The van der Waals surface area contributed by atoms with Gasteiger partial charge < -0.3 is 25.2 Å². The SMILES string of the molecule is O=C(O)c1cc(C(=O)O)c2c(c1)c(=O)n1n2CCN(c2c(F)cc(N3C[C@H](CNC(=O)C(F)F)OC3=O)cc2F)CC1. The largest absolute Gasteiger partial charge is 0.478 e.